The highest BCUT2D eigenvalue weighted by Gasteiger charge is 2.35. The van der Waals surface area contributed by atoms with Crippen molar-refractivity contribution in [2.45, 2.75) is 6.42 Å². The second-order valence-electron chi connectivity index (χ2n) is 7.84. The van der Waals surface area contributed by atoms with Gasteiger partial charge in [-0.25, -0.2) is 0 Å². The number of anilines is 2. The van der Waals surface area contributed by atoms with Crippen LogP contribution >= 0.6 is 11.6 Å². The molecule has 2 amide bonds. The minimum Gasteiger partial charge on any atom is -0.369 e. The maximum Gasteiger partial charge on any atom is 0.227 e. The summed E-state index contributed by atoms with van der Waals surface area (Å²) in [5.74, 6) is -0.392. The Labute approximate surface area is 182 Å². The summed E-state index contributed by atoms with van der Waals surface area (Å²) < 4.78 is 0. The molecule has 0 radical (unpaired) electrons. The molecule has 2 aliphatic heterocycles. The van der Waals surface area contributed by atoms with Crippen LogP contribution in [-0.2, 0) is 9.59 Å². The van der Waals surface area contributed by atoms with E-state index in [1.807, 2.05) is 18.2 Å². The summed E-state index contributed by atoms with van der Waals surface area (Å²) in [6.45, 7) is 5.78. The molecule has 2 saturated heterocycles. The molecule has 1 N–H and O–H groups in total. The summed E-state index contributed by atoms with van der Waals surface area (Å²) in [6, 6.07) is 17.7. The molecule has 0 aromatic heterocycles. The fraction of sp³-hybridized carbons (Fsp3) is 0.391. The van der Waals surface area contributed by atoms with E-state index in [1.165, 1.54) is 5.69 Å². The van der Waals surface area contributed by atoms with E-state index in [0.29, 0.717) is 18.1 Å². The van der Waals surface area contributed by atoms with Crippen molar-refractivity contribution in [1.82, 2.24) is 10.2 Å². The molecular formula is C23H27ClN4O2. The van der Waals surface area contributed by atoms with Gasteiger partial charge in [-0.05, 0) is 30.3 Å². The maximum atomic E-state index is 12.6. The molecule has 4 rings (SSSR count). The summed E-state index contributed by atoms with van der Waals surface area (Å²) in [5, 5.41) is 3.60. The zero-order valence-corrected chi connectivity index (χ0v) is 17.7. The van der Waals surface area contributed by atoms with Gasteiger partial charge in [-0.2, -0.15) is 0 Å². The number of piperazine rings is 1. The Morgan fingerprint density at radius 1 is 1.00 bits per heavy atom. The van der Waals surface area contributed by atoms with Crippen LogP contribution in [0.4, 0.5) is 11.4 Å². The third-order valence-corrected chi connectivity index (χ3v) is 6.07. The minimum atomic E-state index is -0.314. The molecule has 30 heavy (non-hydrogen) atoms. The topological polar surface area (TPSA) is 55.9 Å². The molecule has 0 saturated carbocycles. The molecule has 1 unspecified atom stereocenters. The van der Waals surface area contributed by atoms with Gasteiger partial charge in [0.25, 0.3) is 0 Å². The van der Waals surface area contributed by atoms with Gasteiger partial charge in [0.15, 0.2) is 0 Å². The van der Waals surface area contributed by atoms with Crippen LogP contribution in [0.5, 0.6) is 0 Å². The van der Waals surface area contributed by atoms with Crippen LogP contribution in [0.15, 0.2) is 54.6 Å². The fourth-order valence-electron chi connectivity index (χ4n) is 4.13. The normalized spacial score (nSPS) is 19.9. The number of carbonyl (C=O) groups excluding carboxylic acids is 2. The maximum absolute atomic E-state index is 12.6. The highest BCUT2D eigenvalue weighted by Crippen LogP contribution is 2.27. The molecule has 2 aliphatic rings. The van der Waals surface area contributed by atoms with Crippen molar-refractivity contribution in [2.75, 3.05) is 55.6 Å². The smallest absolute Gasteiger partial charge is 0.227 e. The van der Waals surface area contributed by atoms with Gasteiger partial charge in [-0.15, -0.1) is 0 Å². The first-order valence-corrected chi connectivity index (χ1v) is 10.8. The third-order valence-electron chi connectivity index (χ3n) is 5.84. The number of halogens is 1. The highest BCUT2D eigenvalue weighted by molar-refractivity contribution is 6.31. The Bertz CT molecular complexity index is 884. The van der Waals surface area contributed by atoms with Crippen molar-refractivity contribution in [3.8, 4) is 0 Å². The molecule has 0 spiro atoms. The SMILES string of the molecule is O=C(NCCN1CCN(c2ccccc2)CC1)C1CC(=O)N(c2cccc(Cl)c2)C1. The molecule has 2 aromatic rings. The van der Waals surface area contributed by atoms with Gasteiger partial charge >= 0.3 is 0 Å². The molecule has 2 aromatic carbocycles. The average Bonchev–Trinajstić information content (AvgIpc) is 3.16. The van der Waals surface area contributed by atoms with Gasteiger partial charge in [0.05, 0.1) is 5.92 Å². The molecule has 1 atom stereocenters. The third kappa shape index (κ3) is 4.94. The van der Waals surface area contributed by atoms with Crippen LogP contribution in [0, 0.1) is 5.92 Å². The number of hydrogen-bond acceptors (Lipinski definition) is 4. The van der Waals surface area contributed by atoms with Crippen LogP contribution in [0.3, 0.4) is 0 Å². The first-order valence-electron chi connectivity index (χ1n) is 10.5. The zero-order valence-electron chi connectivity index (χ0n) is 17.0. The van der Waals surface area contributed by atoms with E-state index in [9.17, 15) is 9.59 Å². The van der Waals surface area contributed by atoms with E-state index in [-0.39, 0.29) is 24.2 Å². The highest BCUT2D eigenvalue weighted by atomic mass is 35.5. The number of para-hydroxylation sites is 1. The van der Waals surface area contributed by atoms with Gasteiger partial charge in [-0.3, -0.25) is 14.5 Å². The summed E-state index contributed by atoms with van der Waals surface area (Å²) in [6.07, 6.45) is 0.244. The van der Waals surface area contributed by atoms with E-state index < -0.39 is 0 Å². The number of carbonyl (C=O) groups is 2. The summed E-state index contributed by atoms with van der Waals surface area (Å²) >= 11 is 6.03. The van der Waals surface area contributed by atoms with Gasteiger partial charge < -0.3 is 15.1 Å². The standard InChI is InChI=1S/C23H27ClN4O2/c24-19-5-4-8-21(16-19)28-17-18(15-22(28)29)23(30)25-9-10-26-11-13-27(14-12-26)20-6-2-1-3-7-20/h1-8,16,18H,9-15,17H2,(H,25,30). The second-order valence-corrected chi connectivity index (χ2v) is 8.28. The van der Waals surface area contributed by atoms with Crippen molar-refractivity contribution >= 4 is 34.8 Å². The predicted octanol–water partition coefficient (Wildman–Crippen LogP) is 2.63. The Balaban J connectivity index is 1.20. The summed E-state index contributed by atoms with van der Waals surface area (Å²) in [7, 11) is 0. The van der Waals surface area contributed by atoms with E-state index in [0.717, 1.165) is 38.4 Å². The Kier molecular flexibility index (Phi) is 6.55. The first-order chi connectivity index (χ1) is 14.6. The van der Waals surface area contributed by atoms with Crippen LogP contribution in [0.25, 0.3) is 0 Å². The van der Waals surface area contributed by atoms with Gasteiger partial charge in [-0.1, -0.05) is 35.9 Å². The molecule has 0 aliphatic carbocycles. The van der Waals surface area contributed by atoms with E-state index in [4.69, 9.17) is 11.6 Å². The summed E-state index contributed by atoms with van der Waals surface area (Å²) in [4.78, 5) is 31.3. The van der Waals surface area contributed by atoms with Crippen LogP contribution in [0.2, 0.25) is 5.02 Å². The van der Waals surface area contributed by atoms with Crippen molar-refractivity contribution in [1.29, 1.82) is 0 Å². The van der Waals surface area contributed by atoms with Crippen LogP contribution in [0.1, 0.15) is 6.42 Å². The van der Waals surface area contributed by atoms with Gasteiger partial charge in [0, 0.05) is 68.6 Å². The van der Waals surface area contributed by atoms with Crippen LogP contribution < -0.4 is 15.1 Å². The Morgan fingerprint density at radius 3 is 2.47 bits per heavy atom. The second kappa shape index (κ2) is 9.49. The molecule has 2 heterocycles. The molecular weight excluding hydrogens is 400 g/mol. The monoisotopic (exact) mass is 426 g/mol. The van der Waals surface area contributed by atoms with E-state index in [1.54, 1.807) is 17.0 Å². The van der Waals surface area contributed by atoms with Gasteiger partial charge in [0.1, 0.15) is 0 Å². The number of benzene rings is 2. The number of rotatable bonds is 6. The van der Waals surface area contributed by atoms with E-state index >= 15 is 0 Å². The lowest BCUT2D eigenvalue weighted by molar-refractivity contribution is -0.126. The quantitative estimate of drug-likeness (QED) is 0.771. The lowest BCUT2D eigenvalue weighted by atomic mass is 10.1. The number of hydrogen-bond donors (Lipinski definition) is 1. The van der Waals surface area contributed by atoms with Gasteiger partial charge in [0.2, 0.25) is 11.8 Å². The van der Waals surface area contributed by atoms with Crippen LogP contribution in [-0.4, -0.2) is 62.5 Å². The number of amides is 2. The molecule has 0 bridgehead atoms. The minimum absolute atomic E-state index is 0.0329. The molecule has 6 nitrogen and oxygen atoms in total. The van der Waals surface area contributed by atoms with Crippen molar-refractivity contribution in [3.63, 3.8) is 0 Å². The number of nitrogens with one attached hydrogen (secondary N) is 1. The van der Waals surface area contributed by atoms with Crippen molar-refractivity contribution in [2.24, 2.45) is 5.92 Å². The molecule has 158 valence electrons. The lowest BCUT2D eigenvalue weighted by Gasteiger charge is -2.36. The predicted molar refractivity (Wildman–Crippen MR) is 120 cm³/mol. The molecule has 2 fully saturated rings. The van der Waals surface area contributed by atoms with Crippen molar-refractivity contribution < 1.29 is 9.59 Å². The summed E-state index contributed by atoms with van der Waals surface area (Å²) in [5.41, 5.74) is 2.01. The fourth-order valence-corrected chi connectivity index (χ4v) is 4.31. The Hall–Kier alpha value is -2.57. The largest absolute Gasteiger partial charge is 0.369 e. The first kappa shape index (κ1) is 20.7. The number of nitrogens with zero attached hydrogens (tertiary/aromatic N) is 3. The van der Waals surface area contributed by atoms with E-state index in [2.05, 4.69) is 39.4 Å². The molecule has 7 heteroatoms. The Morgan fingerprint density at radius 2 is 1.73 bits per heavy atom. The van der Waals surface area contributed by atoms with Crippen molar-refractivity contribution in [3.05, 3.63) is 59.6 Å². The zero-order chi connectivity index (χ0) is 20.9. The lowest BCUT2D eigenvalue weighted by Crippen LogP contribution is -2.48. The average molecular weight is 427 g/mol.